The van der Waals surface area contributed by atoms with Crippen LogP contribution in [0.5, 0.6) is 0 Å². The lowest BCUT2D eigenvalue weighted by Crippen LogP contribution is -2.83. The van der Waals surface area contributed by atoms with Crippen molar-refractivity contribution < 1.29 is 23.9 Å². The van der Waals surface area contributed by atoms with Crippen LogP contribution in [0.25, 0.3) is 0 Å². The van der Waals surface area contributed by atoms with Crippen LogP contribution < -0.4 is 5.32 Å². The van der Waals surface area contributed by atoms with E-state index in [0.29, 0.717) is 0 Å². The Morgan fingerprint density at radius 3 is 2.37 bits per heavy atom. The first-order valence-corrected chi connectivity index (χ1v) is 5.78. The van der Waals surface area contributed by atoms with Gasteiger partial charge in [0.15, 0.2) is 0 Å². The molecule has 3 saturated heterocycles. The van der Waals surface area contributed by atoms with Crippen LogP contribution in [0.3, 0.4) is 0 Å². The first-order valence-electron chi connectivity index (χ1n) is 5.78. The van der Waals surface area contributed by atoms with Crippen molar-refractivity contribution in [2.75, 3.05) is 34.4 Å². The van der Waals surface area contributed by atoms with E-state index in [1.807, 2.05) is 0 Å². The molecule has 3 aliphatic heterocycles. The van der Waals surface area contributed by atoms with E-state index in [4.69, 9.17) is 9.47 Å². The fourth-order valence-corrected chi connectivity index (χ4v) is 2.82. The lowest BCUT2D eigenvalue weighted by atomic mass is 10.0. The van der Waals surface area contributed by atoms with Gasteiger partial charge in [-0.2, -0.15) is 0 Å². The summed E-state index contributed by atoms with van der Waals surface area (Å²) in [5.41, 5.74) is -1.68. The van der Waals surface area contributed by atoms with Gasteiger partial charge in [-0.1, -0.05) is 0 Å². The molecule has 0 aromatic rings. The van der Waals surface area contributed by atoms with Gasteiger partial charge in [0, 0.05) is 21.1 Å². The van der Waals surface area contributed by atoms with E-state index in [1.54, 1.807) is 0 Å². The zero-order valence-electron chi connectivity index (χ0n) is 10.8. The molecule has 104 valence electrons. The van der Waals surface area contributed by atoms with E-state index < -0.39 is 29.5 Å². The molecule has 0 aromatic carbocycles. The highest BCUT2D eigenvalue weighted by molar-refractivity contribution is 6.06. The molecule has 9 heteroatoms. The molecule has 0 spiro atoms. The Kier molecular flexibility index (Phi) is 2.16. The molecule has 3 aliphatic rings. The first-order chi connectivity index (χ1) is 8.88. The second-order valence-corrected chi connectivity index (χ2v) is 4.68. The zero-order chi connectivity index (χ0) is 14.0. The van der Waals surface area contributed by atoms with Crippen LogP contribution in [-0.2, 0) is 14.3 Å². The molecule has 9 nitrogen and oxygen atoms in total. The Morgan fingerprint density at radius 2 is 1.68 bits per heavy atom. The first kappa shape index (κ1) is 12.2. The van der Waals surface area contributed by atoms with Crippen LogP contribution in [0.4, 0.5) is 9.59 Å². The molecule has 3 rings (SSSR count). The standard InChI is InChI=1S/C10H14N4O5/c1-12-6(15)9-10(14(3)8(12)17,19-5-4-18-9)11-7(16)13(9)2/h4-5H2,1-3H3,(H,11,16)/t9-,10+/m0/s1. The summed E-state index contributed by atoms with van der Waals surface area (Å²) >= 11 is 0. The maximum atomic E-state index is 12.5. The van der Waals surface area contributed by atoms with Crippen LogP contribution in [0.15, 0.2) is 0 Å². The third kappa shape index (κ3) is 1.06. The summed E-state index contributed by atoms with van der Waals surface area (Å²) in [6, 6.07) is -1.10. The number of carbonyl (C=O) groups excluding carboxylic acids is 3. The molecule has 0 unspecified atom stereocenters. The third-order valence-electron chi connectivity index (χ3n) is 3.86. The maximum Gasteiger partial charge on any atom is 0.330 e. The number of nitrogens with zero attached hydrogens (tertiary/aromatic N) is 3. The van der Waals surface area contributed by atoms with Crippen molar-refractivity contribution in [2.45, 2.75) is 11.6 Å². The molecule has 1 N–H and O–H groups in total. The van der Waals surface area contributed by atoms with E-state index in [-0.39, 0.29) is 13.2 Å². The van der Waals surface area contributed by atoms with Crippen LogP contribution in [0.1, 0.15) is 0 Å². The fraction of sp³-hybridized carbons (Fsp3) is 0.700. The Bertz CT molecular complexity index is 496. The highest BCUT2D eigenvalue weighted by atomic mass is 16.6. The van der Waals surface area contributed by atoms with Gasteiger partial charge in [-0.15, -0.1) is 0 Å². The summed E-state index contributed by atoms with van der Waals surface area (Å²) in [6.45, 7) is 0.327. The summed E-state index contributed by atoms with van der Waals surface area (Å²) in [7, 11) is 4.23. The van der Waals surface area contributed by atoms with Gasteiger partial charge in [-0.05, 0) is 0 Å². The van der Waals surface area contributed by atoms with Crippen molar-refractivity contribution in [3.63, 3.8) is 0 Å². The zero-order valence-corrected chi connectivity index (χ0v) is 10.8. The van der Waals surface area contributed by atoms with Crippen molar-refractivity contribution in [3.8, 4) is 0 Å². The third-order valence-corrected chi connectivity index (χ3v) is 3.86. The number of likely N-dealkylation sites (N-methyl/N-ethyl adjacent to an activating group) is 3. The van der Waals surface area contributed by atoms with Crippen molar-refractivity contribution in [3.05, 3.63) is 0 Å². The number of urea groups is 2. The van der Waals surface area contributed by atoms with E-state index >= 15 is 0 Å². The molecular formula is C10H14N4O5. The number of carbonyl (C=O) groups is 3. The Labute approximate surface area is 109 Å². The lowest BCUT2D eigenvalue weighted by Gasteiger charge is -2.54. The Morgan fingerprint density at radius 1 is 1.05 bits per heavy atom. The van der Waals surface area contributed by atoms with Crippen LogP contribution >= 0.6 is 0 Å². The minimum absolute atomic E-state index is 0.155. The molecule has 2 atom stereocenters. The minimum atomic E-state index is -1.68. The molecule has 0 bridgehead atoms. The molecule has 19 heavy (non-hydrogen) atoms. The molecule has 0 aromatic heterocycles. The molecule has 0 radical (unpaired) electrons. The quantitative estimate of drug-likeness (QED) is 0.582. The van der Waals surface area contributed by atoms with E-state index in [1.165, 1.54) is 26.0 Å². The van der Waals surface area contributed by atoms with Crippen molar-refractivity contribution >= 4 is 18.0 Å². The van der Waals surface area contributed by atoms with E-state index in [0.717, 1.165) is 9.80 Å². The van der Waals surface area contributed by atoms with E-state index in [2.05, 4.69) is 5.32 Å². The van der Waals surface area contributed by atoms with Crippen molar-refractivity contribution in [2.24, 2.45) is 0 Å². The van der Waals surface area contributed by atoms with Gasteiger partial charge in [-0.3, -0.25) is 24.8 Å². The van der Waals surface area contributed by atoms with Gasteiger partial charge in [0.05, 0.1) is 13.2 Å². The summed E-state index contributed by atoms with van der Waals surface area (Å²) in [4.78, 5) is 39.7. The SMILES string of the molecule is CN1C(=O)N(C)[C@]23NC(=O)N(C)[C@]2(OCCO3)C1=O. The molecule has 0 saturated carbocycles. The molecular weight excluding hydrogens is 256 g/mol. The second-order valence-electron chi connectivity index (χ2n) is 4.68. The second kappa shape index (κ2) is 3.36. The van der Waals surface area contributed by atoms with Gasteiger partial charge in [0.25, 0.3) is 17.5 Å². The van der Waals surface area contributed by atoms with Gasteiger partial charge in [0.2, 0.25) is 0 Å². The smallest absolute Gasteiger partial charge is 0.330 e. The predicted molar refractivity (Wildman–Crippen MR) is 59.6 cm³/mol. The Hall–Kier alpha value is -1.87. The maximum absolute atomic E-state index is 12.5. The van der Waals surface area contributed by atoms with Crippen molar-refractivity contribution in [1.82, 2.24) is 20.0 Å². The van der Waals surface area contributed by atoms with Crippen LogP contribution in [-0.4, -0.2) is 78.6 Å². The molecule has 3 heterocycles. The highest BCUT2D eigenvalue weighted by Gasteiger charge is 2.77. The molecule has 5 amide bonds. The lowest BCUT2D eigenvalue weighted by molar-refractivity contribution is -0.323. The largest absolute Gasteiger partial charge is 0.339 e. The van der Waals surface area contributed by atoms with Gasteiger partial charge >= 0.3 is 12.1 Å². The highest BCUT2D eigenvalue weighted by Crippen LogP contribution is 2.44. The number of ether oxygens (including phenoxy) is 2. The molecule has 0 aliphatic carbocycles. The summed E-state index contributed by atoms with van der Waals surface area (Å²) in [5.74, 6) is -2.24. The number of nitrogens with one attached hydrogen (secondary N) is 1. The number of imide groups is 1. The van der Waals surface area contributed by atoms with Gasteiger partial charge in [0.1, 0.15) is 0 Å². The predicted octanol–water partition coefficient (Wildman–Crippen LogP) is -1.44. The summed E-state index contributed by atoms with van der Waals surface area (Å²) < 4.78 is 11.2. The van der Waals surface area contributed by atoms with Crippen molar-refractivity contribution in [1.29, 1.82) is 0 Å². The normalized spacial score (nSPS) is 38.3. The van der Waals surface area contributed by atoms with Gasteiger partial charge in [-0.25, -0.2) is 9.59 Å². The average Bonchev–Trinajstić information content (AvgIpc) is 2.65. The molecule has 3 fully saturated rings. The number of hydrogen-bond acceptors (Lipinski definition) is 5. The fourth-order valence-electron chi connectivity index (χ4n) is 2.82. The summed E-state index contributed by atoms with van der Waals surface area (Å²) in [6.07, 6.45) is 0. The van der Waals surface area contributed by atoms with Crippen LogP contribution in [0, 0.1) is 0 Å². The average molecular weight is 270 g/mol. The topological polar surface area (TPSA) is 91.4 Å². The van der Waals surface area contributed by atoms with Gasteiger partial charge < -0.3 is 9.47 Å². The minimum Gasteiger partial charge on any atom is -0.339 e. The Balaban J connectivity index is 2.24. The summed E-state index contributed by atoms with van der Waals surface area (Å²) in [5, 5.41) is 2.54. The van der Waals surface area contributed by atoms with E-state index in [9.17, 15) is 14.4 Å². The number of hydrogen-bond donors (Lipinski definition) is 1. The number of rotatable bonds is 0. The van der Waals surface area contributed by atoms with Crippen LogP contribution in [0.2, 0.25) is 0 Å². The number of amides is 5. The monoisotopic (exact) mass is 270 g/mol.